The fourth-order valence-corrected chi connectivity index (χ4v) is 7.26. The van der Waals surface area contributed by atoms with Gasteiger partial charge in [-0.05, 0) is 96.5 Å². The number of phenolic OH excluding ortho intramolecular Hbond substituents is 3. The number of nitrogens with two attached hydrogens (primary N) is 1. The van der Waals surface area contributed by atoms with Gasteiger partial charge in [-0.15, -0.1) is 0 Å². The summed E-state index contributed by atoms with van der Waals surface area (Å²) < 4.78 is 0. The number of rotatable bonds is 27. The van der Waals surface area contributed by atoms with E-state index in [1.54, 1.807) is 52.0 Å². The van der Waals surface area contributed by atoms with Crippen molar-refractivity contribution in [3.63, 3.8) is 0 Å². The lowest BCUT2D eigenvalue weighted by Crippen LogP contribution is -2.60. The van der Waals surface area contributed by atoms with E-state index >= 15 is 0 Å². The highest BCUT2D eigenvalue weighted by Gasteiger charge is 2.35. The highest BCUT2D eigenvalue weighted by atomic mass is 16.4. The van der Waals surface area contributed by atoms with E-state index in [9.17, 15) is 63.9 Å². The largest absolute Gasteiger partial charge is 0.508 e. The van der Waals surface area contributed by atoms with Crippen molar-refractivity contribution in [3.8, 4) is 17.2 Å². The van der Waals surface area contributed by atoms with Crippen molar-refractivity contribution in [2.45, 2.75) is 129 Å². The monoisotopic (exact) mass is 961 g/mol. The standard InChI is InChI=1S/C49H67N7O13/c1-26(2)19-36(44(63)53-38(21-28(5)6)46(65)55-40(25-42(60)61)48(67)56-41(49(68)69)24-31-11-17-34(59)18-12-31)52-45(64)37(20-27(3)4)54-47(66)39(23-30-9-15-33(58)16-10-30)51-43(62)35(50)22-29-7-13-32(57)14-8-29/h7-18,26-28,35-41,57-59H,19-25,50H2,1-6H3,(H,51,62)(H,52,64)(H,53,63)(H,54,66)(H,55,65)(H,56,67)(H,60,61)(H,68,69)/t35-,36-,37-,38-,39-,40-,41-/m0/s1. The zero-order chi connectivity index (χ0) is 51.5. The number of hydrogen-bond acceptors (Lipinski definition) is 12. The molecule has 0 aliphatic carbocycles. The molecular formula is C49H67N7O13. The molecule has 0 saturated heterocycles. The predicted octanol–water partition coefficient (Wildman–Crippen LogP) is 1.77. The second kappa shape index (κ2) is 26.9. The first kappa shape index (κ1) is 56.1. The minimum atomic E-state index is -1.77. The molecule has 6 amide bonds. The maximum Gasteiger partial charge on any atom is 0.326 e. The molecule has 0 fully saturated rings. The molecular weight excluding hydrogens is 895 g/mol. The third kappa shape index (κ3) is 19.9. The summed E-state index contributed by atoms with van der Waals surface area (Å²) in [6.07, 6.45) is -1.00. The first-order chi connectivity index (χ1) is 32.4. The summed E-state index contributed by atoms with van der Waals surface area (Å²) in [6, 6.07) is 8.05. The average molecular weight is 962 g/mol. The van der Waals surface area contributed by atoms with Crippen molar-refractivity contribution in [2.75, 3.05) is 0 Å². The lowest BCUT2D eigenvalue weighted by Gasteiger charge is -2.29. The number of carbonyl (C=O) groups excluding carboxylic acids is 6. The Labute approximate surface area is 401 Å². The summed E-state index contributed by atoms with van der Waals surface area (Å²) in [4.78, 5) is 107. The van der Waals surface area contributed by atoms with Gasteiger partial charge in [-0.1, -0.05) is 77.9 Å². The molecule has 0 aliphatic heterocycles. The van der Waals surface area contributed by atoms with Gasteiger partial charge in [0.2, 0.25) is 35.4 Å². The zero-order valence-corrected chi connectivity index (χ0v) is 39.7. The molecule has 0 saturated carbocycles. The topological polar surface area (TPSA) is 336 Å². The van der Waals surface area contributed by atoms with E-state index in [1.807, 2.05) is 13.8 Å². The second-order valence-electron chi connectivity index (χ2n) is 18.4. The van der Waals surface area contributed by atoms with Gasteiger partial charge in [-0.2, -0.15) is 0 Å². The second-order valence-corrected chi connectivity index (χ2v) is 18.4. The van der Waals surface area contributed by atoms with Crippen molar-refractivity contribution in [1.29, 1.82) is 0 Å². The van der Waals surface area contributed by atoms with Gasteiger partial charge >= 0.3 is 11.9 Å². The molecule has 0 radical (unpaired) electrons. The lowest BCUT2D eigenvalue weighted by atomic mass is 9.98. The smallest absolute Gasteiger partial charge is 0.326 e. The third-order valence-corrected chi connectivity index (χ3v) is 10.8. The zero-order valence-electron chi connectivity index (χ0n) is 39.7. The van der Waals surface area contributed by atoms with Crippen LogP contribution >= 0.6 is 0 Å². The number of benzene rings is 3. The van der Waals surface area contributed by atoms with E-state index in [2.05, 4.69) is 31.9 Å². The van der Waals surface area contributed by atoms with E-state index in [0.717, 1.165) is 0 Å². The highest BCUT2D eigenvalue weighted by Crippen LogP contribution is 2.17. The lowest BCUT2D eigenvalue weighted by molar-refractivity contribution is -0.143. The number of carboxylic acids is 2. The maximum absolute atomic E-state index is 14.2. The van der Waals surface area contributed by atoms with Crippen molar-refractivity contribution in [2.24, 2.45) is 23.5 Å². The minimum Gasteiger partial charge on any atom is -0.508 e. The predicted molar refractivity (Wildman–Crippen MR) is 253 cm³/mol. The molecule has 0 bridgehead atoms. The SMILES string of the molecule is CC(C)C[C@H](NC(=O)[C@H](CC(C)C)NC(=O)[C@H](CC(C)C)NC(=O)[C@H](Cc1ccc(O)cc1)NC(=O)[C@@H](N)Cc1ccc(O)cc1)C(=O)N[C@@H](CC(=O)O)C(=O)N[C@@H](Cc1ccc(O)cc1)C(=O)O. The molecule has 20 heteroatoms. The van der Waals surface area contributed by atoms with Crippen LogP contribution in [-0.4, -0.2) is 115 Å². The van der Waals surface area contributed by atoms with Gasteiger partial charge in [0.1, 0.15) is 53.5 Å². The number of carbonyl (C=O) groups is 8. The summed E-state index contributed by atoms with van der Waals surface area (Å²) >= 11 is 0. The Morgan fingerprint density at radius 3 is 1.01 bits per heavy atom. The van der Waals surface area contributed by atoms with Crippen LogP contribution in [0.5, 0.6) is 17.2 Å². The van der Waals surface area contributed by atoms with E-state index in [-0.39, 0.29) is 73.5 Å². The normalized spacial score (nSPS) is 14.3. The number of aromatic hydroxyl groups is 3. The third-order valence-electron chi connectivity index (χ3n) is 10.8. The Hall–Kier alpha value is -7.22. The molecule has 376 valence electrons. The Kier molecular flexibility index (Phi) is 21.9. The molecule has 20 nitrogen and oxygen atoms in total. The van der Waals surface area contributed by atoms with E-state index < -0.39 is 96.1 Å². The van der Waals surface area contributed by atoms with Crippen LogP contribution < -0.4 is 37.6 Å². The van der Waals surface area contributed by atoms with Crippen LogP contribution in [-0.2, 0) is 57.6 Å². The van der Waals surface area contributed by atoms with Gasteiger partial charge in [0.25, 0.3) is 0 Å². The van der Waals surface area contributed by atoms with Crippen LogP contribution in [0, 0.1) is 17.8 Å². The van der Waals surface area contributed by atoms with Crippen LogP contribution in [0.2, 0.25) is 0 Å². The average Bonchev–Trinajstić information content (AvgIpc) is 3.26. The van der Waals surface area contributed by atoms with Gasteiger partial charge in [0.05, 0.1) is 12.5 Å². The van der Waals surface area contributed by atoms with Crippen LogP contribution in [0.25, 0.3) is 0 Å². The van der Waals surface area contributed by atoms with E-state index in [0.29, 0.717) is 16.7 Å². The number of carboxylic acid groups (broad SMARTS) is 2. The van der Waals surface area contributed by atoms with Crippen molar-refractivity contribution >= 4 is 47.4 Å². The Morgan fingerprint density at radius 1 is 0.406 bits per heavy atom. The number of amides is 6. The Bertz CT molecular complexity index is 2220. The molecule has 3 rings (SSSR count). The molecule has 0 heterocycles. The van der Waals surface area contributed by atoms with Gasteiger partial charge in [0, 0.05) is 12.8 Å². The molecule has 0 spiro atoms. The molecule has 3 aromatic carbocycles. The first-order valence-electron chi connectivity index (χ1n) is 22.8. The van der Waals surface area contributed by atoms with Crippen molar-refractivity contribution in [3.05, 3.63) is 89.5 Å². The Balaban J connectivity index is 1.84. The minimum absolute atomic E-state index is 0.00129. The highest BCUT2D eigenvalue weighted by molar-refractivity contribution is 5.97. The van der Waals surface area contributed by atoms with E-state index in [1.165, 1.54) is 48.5 Å². The number of nitrogens with one attached hydrogen (secondary N) is 6. The van der Waals surface area contributed by atoms with Crippen LogP contribution in [0.1, 0.15) is 83.9 Å². The van der Waals surface area contributed by atoms with Gasteiger partial charge in [0.15, 0.2) is 0 Å². The Morgan fingerprint density at radius 2 is 0.681 bits per heavy atom. The van der Waals surface area contributed by atoms with Crippen LogP contribution in [0.3, 0.4) is 0 Å². The van der Waals surface area contributed by atoms with E-state index in [4.69, 9.17) is 5.73 Å². The summed E-state index contributed by atoms with van der Waals surface area (Å²) in [5.74, 6) is -8.64. The summed E-state index contributed by atoms with van der Waals surface area (Å²) in [7, 11) is 0. The molecule has 13 N–H and O–H groups in total. The number of hydrogen-bond donors (Lipinski definition) is 12. The molecule has 7 atom stereocenters. The van der Waals surface area contributed by atoms with Crippen LogP contribution in [0.15, 0.2) is 72.8 Å². The summed E-state index contributed by atoms with van der Waals surface area (Å²) in [6.45, 7) is 10.7. The molecule has 0 unspecified atom stereocenters. The summed E-state index contributed by atoms with van der Waals surface area (Å²) in [5.41, 5.74) is 7.89. The molecule has 0 aliphatic rings. The first-order valence-corrected chi connectivity index (χ1v) is 22.8. The van der Waals surface area contributed by atoms with Gasteiger partial charge in [-0.3, -0.25) is 33.6 Å². The number of aliphatic carboxylic acids is 2. The number of phenols is 3. The van der Waals surface area contributed by atoms with Crippen LogP contribution in [0.4, 0.5) is 0 Å². The fourth-order valence-electron chi connectivity index (χ4n) is 7.26. The van der Waals surface area contributed by atoms with Gasteiger partial charge < -0.3 is 63.2 Å². The van der Waals surface area contributed by atoms with Crippen molar-refractivity contribution < 1.29 is 63.9 Å². The van der Waals surface area contributed by atoms with Gasteiger partial charge in [-0.25, -0.2) is 4.79 Å². The molecule has 0 aromatic heterocycles. The maximum atomic E-state index is 14.2. The molecule has 3 aromatic rings. The van der Waals surface area contributed by atoms with Crippen molar-refractivity contribution in [1.82, 2.24) is 31.9 Å². The summed E-state index contributed by atoms with van der Waals surface area (Å²) in [5, 5.41) is 64.0. The fraction of sp³-hybridized carbons (Fsp3) is 0.469. The molecule has 69 heavy (non-hydrogen) atoms. The quantitative estimate of drug-likeness (QED) is 0.0518.